The van der Waals surface area contributed by atoms with Crippen LogP contribution in [-0.2, 0) is 23.5 Å². The molecule has 1 saturated heterocycles. The minimum atomic E-state index is -3.18. The van der Waals surface area contributed by atoms with Gasteiger partial charge in [-0.05, 0) is 13.0 Å². The Morgan fingerprint density at radius 2 is 2.47 bits per heavy atom. The molecule has 0 aliphatic carbocycles. The second-order valence-corrected chi connectivity index (χ2v) is 6.30. The highest BCUT2D eigenvalue weighted by Gasteiger charge is 2.27. The molecule has 1 aliphatic heterocycles. The summed E-state index contributed by atoms with van der Waals surface area (Å²) in [6.45, 7) is 1.74. The second-order valence-electron chi connectivity index (χ2n) is 4.26. The summed E-state index contributed by atoms with van der Waals surface area (Å²) in [5.74, 6) is 0.886. The molecule has 6 nitrogen and oxygen atoms in total. The summed E-state index contributed by atoms with van der Waals surface area (Å²) in [6, 6.07) is 0. The number of rotatable bonds is 5. The third-order valence-corrected chi connectivity index (χ3v) is 4.91. The molecule has 2 heterocycles. The lowest BCUT2D eigenvalue weighted by Gasteiger charge is -2.11. The molecule has 7 heteroatoms. The summed E-state index contributed by atoms with van der Waals surface area (Å²) in [5.41, 5.74) is 0. The Hall–Kier alpha value is -0.920. The molecule has 96 valence electrons. The molecular formula is C10H18N4O2S. The predicted octanol–water partition coefficient (Wildman–Crippen LogP) is -0.756. The Kier molecular flexibility index (Phi) is 3.80. The van der Waals surface area contributed by atoms with Gasteiger partial charge < -0.3 is 9.88 Å². The summed E-state index contributed by atoms with van der Waals surface area (Å²) in [7, 11) is -1.28. The predicted molar refractivity (Wildman–Crippen MR) is 65.1 cm³/mol. The summed E-state index contributed by atoms with van der Waals surface area (Å²) in [5, 5.41) is 2.77. The lowest BCUT2D eigenvalue weighted by atomic mass is 10.4. The molecule has 0 radical (unpaired) electrons. The minimum Gasteiger partial charge on any atom is -0.338 e. The first kappa shape index (κ1) is 12.5. The summed E-state index contributed by atoms with van der Waals surface area (Å²) in [6.07, 6.45) is 4.87. The average molecular weight is 258 g/mol. The standard InChI is InChI=1S/C10H18N4O2S/c1-14-7-6-12-10(14)3-5-13-17(15,16)9-2-4-11-8-9/h6-7,9,11,13H,2-5,8H2,1H3. The third kappa shape index (κ3) is 3.05. The number of hydrogen-bond acceptors (Lipinski definition) is 4. The Balaban J connectivity index is 1.84. The summed E-state index contributed by atoms with van der Waals surface area (Å²) < 4.78 is 28.3. The Morgan fingerprint density at radius 1 is 1.65 bits per heavy atom. The second kappa shape index (κ2) is 5.16. The number of nitrogens with one attached hydrogen (secondary N) is 2. The Labute approximate surface area is 101 Å². The van der Waals surface area contributed by atoms with Gasteiger partial charge in [-0.15, -0.1) is 0 Å². The lowest BCUT2D eigenvalue weighted by Crippen LogP contribution is -2.36. The van der Waals surface area contributed by atoms with Gasteiger partial charge in [0.2, 0.25) is 10.0 Å². The van der Waals surface area contributed by atoms with Crippen LogP contribution in [0.1, 0.15) is 12.2 Å². The van der Waals surface area contributed by atoms with Gasteiger partial charge in [0.15, 0.2) is 0 Å². The van der Waals surface area contributed by atoms with Crippen LogP contribution in [0.25, 0.3) is 0 Å². The van der Waals surface area contributed by atoms with Crippen LogP contribution in [0.15, 0.2) is 12.4 Å². The molecule has 0 saturated carbocycles. The van der Waals surface area contributed by atoms with Crippen molar-refractivity contribution in [3.8, 4) is 0 Å². The van der Waals surface area contributed by atoms with Crippen LogP contribution in [0.4, 0.5) is 0 Å². The van der Waals surface area contributed by atoms with E-state index in [2.05, 4.69) is 15.0 Å². The van der Waals surface area contributed by atoms with Crippen molar-refractivity contribution in [3.05, 3.63) is 18.2 Å². The molecule has 2 rings (SSSR count). The summed E-state index contributed by atoms with van der Waals surface area (Å²) in [4.78, 5) is 4.15. The van der Waals surface area contributed by atoms with Crippen molar-refractivity contribution in [3.63, 3.8) is 0 Å². The number of aromatic nitrogens is 2. The third-order valence-electron chi connectivity index (χ3n) is 3.03. The molecule has 0 amide bonds. The van der Waals surface area contributed by atoms with Crippen molar-refractivity contribution < 1.29 is 8.42 Å². The fourth-order valence-electron chi connectivity index (χ4n) is 1.95. The fraction of sp³-hybridized carbons (Fsp3) is 0.700. The normalized spacial score (nSPS) is 20.9. The molecule has 17 heavy (non-hydrogen) atoms. The maximum Gasteiger partial charge on any atom is 0.215 e. The van der Waals surface area contributed by atoms with Gasteiger partial charge in [-0.25, -0.2) is 18.1 Å². The monoisotopic (exact) mass is 258 g/mol. The van der Waals surface area contributed by atoms with Gasteiger partial charge >= 0.3 is 0 Å². The largest absolute Gasteiger partial charge is 0.338 e. The fourth-order valence-corrected chi connectivity index (χ4v) is 3.34. The van der Waals surface area contributed by atoms with Gasteiger partial charge in [0.1, 0.15) is 5.82 Å². The first-order valence-electron chi connectivity index (χ1n) is 5.75. The smallest absolute Gasteiger partial charge is 0.215 e. The molecule has 1 aromatic rings. The quantitative estimate of drug-likeness (QED) is 0.728. The van der Waals surface area contributed by atoms with E-state index in [1.165, 1.54) is 0 Å². The number of nitrogens with zero attached hydrogens (tertiary/aromatic N) is 2. The van der Waals surface area contributed by atoms with Crippen LogP contribution in [-0.4, -0.2) is 42.9 Å². The zero-order valence-corrected chi connectivity index (χ0v) is 10.7. The highest BCUT2D eigenvalue weighted by molar-refractivity contribution is 7.90. The van der Waals surface area contributed by atoms with Crippen LogP contribution < -0.4 is 10.0 Å². The zero-order chi connectivity index (χ0) is 12.3. The van der Waals surface area contributed by atoms with E-state index in [9.17, 15) is 8.42 Å². The average Bonchev–Trinajstić information content (AvgIpc) is 2.90. The van der Waals surface area contributed by atoms with Crippen molar-refractivity contribution in [1.82, 2.24) is 19.6 Å². The topological polar surface area (TPSA) is 76.0 Å². The van der Waals surface area contributed by atoms with E-state index < -0.39 is 10.0 Å². The van der Waals surface area contributed by atoms with Gasteiger partial charge in [-0.3, -0.25) is 0 Å². The Bertz CT molecular complexity index is 462. The van der Waals surface area contributed by atoms with E-state index in [0.29, 0.717) is 25.9 Å². The Morgan fingerprint density at radius 3 is 3.06 bits per heavy atom. The number of hydrogen-bond donors (Lipinski definition) is 2. The van der Waals surface area contributed by atoms with Gasteiger partial charge in [0.05, 0.1) is 5.25 Å². The van der Waals surface area contributed by atoms with E-state index in [4.69, 9.17) is 0 Å². The molecular weight excluding hydrogens is 240 g/mol. The van der Waals surface area contributed by atoms with Crippen molar-refractivity contribution in [1.29, 1.82) is 0 Å². The molecule has 0 spiro atoms. The van der Waals surface area contributed by atoms with Crippen molar-refractivity contribution in [2.24, 2.45) is 7.05 Å². The van der Waals surface area contributed by atoms with Crippen LogP contribution in [0.3, 0.4) is 0 Å². The van der Waals surface area contributed by atoms with E-state index in [1.807, 2.05) is 17.8 Å². The van der Waals surface area contributed by atoms with Crippen LogP contribution in [0.2, 0.25) is 0 Å². The molecule has 0 bridgehead atoms. The molecule has 1 unspecified atom stereocenters. The van der Waals surface area contributed by atoms with Gasteiger partial charge in [-0.1, -0.05) is 0 Å². The molecule has 1 atom stereocenters. The molecule has 1 aromatic heterocycles. The number of imidazole rings is 1. The highest BCUT2D eigenvalue weighted by atomic mass is 32.2. The van der Waals surface area contributed by atoms with Gasteiger partial charge in [0, 0.05) is 39.0 Å². The number of aryl methyl sites for hydroxylation is 1. The van der Waals surface area contributed by atoms with E-state index in [0.717, 1.165) is 12.4 Å². The SMILES string of the molecule is Cn1ccnc1CCNS(=O)(=O)C1CCNC1. The molecule has 2 N–H and O–H groups in total. The first-order chi connectivity index (χ1) is 8.09. The zero-order valence-electron chi connectivity index (χ0n) is 9.89. The van der Waals surface area contributed by atoms with Crippen molar-refractivity contribution in [2.75, 3.05) is 19.6 Å². The molecule has 0 aromatic carbocycles. The maximum atomic E-state index is 11.9. The first-order valence-corrected chi connectivity index (χ1v) is 7.29. The van der Waals surface area contributed by atoms with Crippen molar-refractivity contribution in [2.45, 2.75) is 18.1 Å². The van der Waals surface area contributed by atoms with Crippen LogP contribution in [0, 0.1) is 0 Å². The van der Waals surface area contributed by atoms with E-state index in [-0.39, 0.29) is 5.25 Å². The van der Waals surface area contributed by atoms with Gasteiger partial charge in [-0.2, -0.15) is 0 Å². The van der Waals surface area contributed by atoms with Crippen molar-refractivity contribution >= 4 is 10.0 Å². The van der Waals surface area contributed by atoms with Gasteiger partial charge in [0.25, 0.3) is 0 Å². The number of sulfonamides is 1. The summed E-state index contributed by atoms with van der Waals surface area (Å²) >= 11 is 0. The van der Waals surface area contributed by atoms with E-state index >= 15 is 0 Å². The maximum absolute atomic E-state index is 11.9. The van der Waals surface area contributed by atoms with Crippen LogP contribution in [0.5, 0.6) is 0 Å². The van der Waals surface area contributed by atoms with Crippen LogP contribution >= 0.6 is 0 Å². The minimum absolute atomic E-state index is 0.288. The molecule has 1 aliphatic rings. The van der Waals surface area contributed by atoms with E-state index in [1.54, 1.807) is 6.20 Å². The molecule has 1 fully saturated rings. The lowest BCUT2D eigenvalue weighted by molar-refractivity contribution is 0.566. The highest BCUT2D eigenvalue weighted by Crippen LogP contribution is 2.08.